The molecule has 2 heterocycles. The lowest BCUT2D eigenvalue weighted by atomic mass is 10.2. The molecule has 1 aliphatic heterocycles. The van der Waals surface area contributed by atoms with Gasteiger partial charge in [-0.25, -0.2) is 9.78 Å². The average Bonchev–Trinajstić information content (AvgIpc) is 2.70. The molecule has 1 aliphatic rings. The number of carbonyl (C=O) groups excluding carboxylic acids is 1. The van der Waals surface area contributed by atoms with Crippen LogP contribution in [-0.4, -0.2) is 50.7 Å². The summed E-state index contributed by atoms with van der Waals surface area (Å²) >= 11 is 3.15. The quantitative estimate of drug-likeness (QED) is 0.776. The summed E-state index contributed by atoms with van der Waals surface area (Å²) in [5.74, 6) is -1.52. The van der Waals surface area contributed by atoms with E-state index in [1.165, 1.54) is 23.2 Å². The van der Waals surface area contributed by atoms with Crippen LogP contribution in [0.1, 0.15) is 16.8 Å². The predicted octanol–water partition coefficient (Wildman–Crippen LogP) is 0.504. The summed E-state index contributed by atoms with van der Waals surface area (Å²) in [6.45, 7) is 0.0374. The van der Waals surface area contributed by atoms with Crippen LogP contribution in [0.4, 0.5) is 0 Å². The Balaban J connectivity index is 2.25. The van der Waals surface area contributed by atoms with Crippen molar-refractivity contribution in [2.45, 2.75) is 18.6 Å². The number of amides is 1. The van der Waals surface area contributed by atoms with Crippen molar-refractivity contribution in [3.8, 4) is 0 Å². The van der Waals surface area contributed by atoms with Gasteiger partial charge in [-0.3, -0.25) is 4.79 Å². The minimum absolute atomic E-state index is 0.0374. The Kier molecular flexibility index (Phi) is 3.63. The summed E-state index contributed by atoms with van der Waals surface area (Å²) in [7, 11) is 0. The molecule has 1 amide bonds. The number of halogens is 1. The van der Waals surface area contributed by atoms with E-state index in [1.54, 1.807) is 0 Å². The first kappa shape index (κ1) is 13.0. The van der Waals surface area contributed by atoms with E-state index in [1.807, 2.05) is 0 Å². The van der Waals surface area contributed by atoms with Gasteiger partial charge in [0.05, 0.1) is 6.10 Å². The van der Waals surface area contributed by atoms with Crippen molar-refractivity contribution in [1.29, 1.82) is 0 Å². The van der Waals surface area contributed by atoms with E-state index in [9.17, 15) is 14.7 Å². The Hall–Kier alpha value is -1.47. The lowest BCUT2D eigenvalue weighted by Crippen LogP contribution is -2.40. The maximum Gasteiger partial charge on any atom is 0.326 e. The number of nitrogens with zero attached hydrogens (tertiary/aromatic N) is 2. The largest absolute Gasteiger partial charge is 0.480 e. The minimum atomic E-state index is -1.10. The molecule has 7 heteroatoms. The van der Waals surface area contributed by atoms with Crippen LogP contribution in [-0.2, 0) is 4.79 Å². The van der Waals surface area contributed by atoms with Crippen LogP contribution < -0.4 is 0 Å². The highest BCUT2D eigenvalue weighted by Gasteiger charge is 2.39. The number of carbonyl (C=O) groups is 2. The second-order valence-electron chi connectivity index (χ2n) is 4.07. The maximum absolute atomic E-state index is 12.2. The first-order valence-corrected chi connectivity index (χ1v) is 6.11. The zero-order valence-electron chi connectivity index (χ0n) is 9.28. The molecule has 0 aliphatic carbocycles. The van der Waals surface area contributed by atoms with E-state index < -0.39 is 24.0 Å². The number of aromatic nitrogens is 1. The number of hydrogen-bond acceptors (Lipinski definition) is 4. The molecule has 2 atom stereocenters. The van der Waals surface area contributed by atoms with Gasteiger partial charge in [-0.05, 0) is 28.1 Å². The van der Waals surface area contributed by atoms with Crippen molar-refractivity contribution >= 4 is 27.8 Å². The number of aliphatic carboxylic acids is 1. The molecular formula is C11H11BrN2O4. The van der Waals surface area contributed by atoms with Gasteiger partial charge in [0.15, 0.2) is 0 Å². The highest BCUT2D eigenvalue weighted by Crippen LogP contribution is 2.21. The van der Waals surface area contributed by atoms with Gasteiger partial charge in [0.2, 0.25) is 0 Å². The van der Waals surface area contributed by atoms with E-state index in [-0.39, 0.29) is 13.0 Å². The number of rotatable bonds is 2. The number of pyridine rings is 1. The van der Waals surface area contributed by atoms with Gasteiger partial charge >= 0.3 is 5.97 Å². The fraction of sp³-hybridized carbons (Fsp3) is 0.364. The second kappa shape index (κ2) is 5.03. The molecule has 2 N–H and O–H groups in total. The number of hydrogen-bond donors (Lipinski definition) is 2. The smallest absolute Gasteiger partial charge is 0.326 e. The summed E-state index contributed by atoms with van der Waals surface area (Å²) < 4.78 is 0.500. The summed E-state index contributed by atoms with van der Waals surface area (Å²) in [4.78, 5) is 28.3. The second-order valence-corrected chi connectivity index (χ2v) is 4.88. The molecule has 6 nitrogen and oxygen atoms in total. The fourth-order valence-corrected chi connectivity index (χ4v) is 2.34. The van der Waals surface area contributed by atoms with Crippen LogP contribution >= 0.6 is 15.9 Å². The van der Waals surface area contributed by atoms with E-state index >= 15 is 0 Å². The number of carboxylic acid groups (broad SMARTS) is 1. The molecule has 0 spiro atoms. The molecule has 96 valence electrons. The van der Waals surface area contributed by atoms with Crippen LogP contribution in [0.2, 0.25) is 0 Å². The molecule has 2 rings (SSSR count). The SMILES string of the molecule is O=C(O)[C@@H]1C[C@H](O)CN1C(=O)c1ccnc(Br)c1. The number of likely N-dealkylation sites (tertiary alicyclic amines) is 1. The predicted molar refractivity (Wildman–Crippen MR) is 65.0 cm³/mol. The van der Waals surface area contributed by atoms with Crippen LogP contribution in [0.25, 0.3) is 0 Å². The van der Waals surface area contributed by atoms with E-state index in [0.29, 0.717) is 10.2 Å². The van der Waals surface area contributed by atoms with Gasteiger partial charge in [0, 0.05) is 24.7 Å². The van der Waals surface area contributed by atoms with E-state index in [2.05, 4.69) is 20.9 Å². The average molecular weight is 315 g/mol. The van der Waals surface area contributed by atoms with Gasteiger partial charge in [-0.1, -0.05) is 0 Å². The van der Waals surface area contributed by atoms with Crippen LogP contribution in [0, 0.1) is 0 Å². The van der Waals surface area contributed by atoms with Crippen molar-refractivity contribution in [2.75, 3.05) is 6.54 Å². The number of carboxylic acids is 1. The first-order valence-electron chi connectivity index (χ1n) is 5.32. The highest BCUT2D eigenvalue weighted by molar-refractivity contribution is 9.10. The highest BCUT2D eigenvalue weighted by atomic mass is 79.9. The number of β-amino-alcohol motifs (C(OH)–C–C–N with tert-alkyl or cyclic N) is 1. The summed E-state index contributed by atoms with van der Waals surface area (Å²) in [5.41, 5.74) is 0.345. The zero-order chi connectivity index (χ0) is 13.3. The van der Waals surface area contributed by atoms with Crippen LogP contribution in [0.3, 0.4) is 0 Å². The minimum Gasteiger partial charge on any atom is -0.480 e. The Bertz CT molecular complexity index is 494. The first-order chi connectivity index (χ1) is 8.49. The van der Waals surface area contributed by atoms with Crippen LogP contribution in [0.15, 0.2) is 22.9 Å². The Morgan fingerprint density at radius 1 is 1.50 bits per heavy atom. The van der Waals surface area contributed by atoms with Crippen molar-refractivity contribution in [2.24, 2.45) is 0 Å². The van der Waals surface area contributed by atoms with Gasteiger partial charge < -0.3 is 15.1 Å². The maximum atomic E-state index is 12.2. The number of aliphatic hydroxyl groups is 1. The topological polar surface area (TPSA) is 90.7 Å². The van der Waals surface area contributed by atoms with Crippen LogP contribution in [0.5, 0.6) is 0 Å². The Labute approximate surface area is 111 Å². The molecule has 0 saturated carbocycles. The fourth-order valence-electron chi connectivity index (χ4n) is 1.97. The third-order valence-electron chi connectivity index (χ3n) is 2.80. The van der Waals surface area contributed by atoms with Crippen molar-refractivity contribution in [3.05, 3.63) is 28.5 Å². The lowest BCUT2D eigenvalue weighted by molar-refractivity contribution is -0.141. The van der Waals surface area contributed by atoms with Crippen molar-refractivity contribution in [1.82, 2.24) is 9.88 Å². The molecule has 0 unspecified atom stereocenters. The van der Waals surface area contributed by atoms with E-state index in [4.69, 9.17) is 5.11 Å². The molecule has 0 bridgehead atoms. The molecule has 1 aromatic rings. The van der Waals surface area contributed by atoms with Gasteiger partial charge in [-0.2, -0.15) is 0 Å². The molecule has 0 radical (unpaired) electrons. The molecule has 1 fully saturated rings. The summed E-state index contributed by atoms with van der Waals surface area (Å²) in [6, 6.07) is 2.06. The monoisotopic (exact) mass is 314 g/mol. The standard InChI is InChI=1S/C11H11BrN2O4/c12-9-3-6(1-2-13-9)10(16)14-5-7(15)4-8(14)11(17)18/h1-3,7-8,15H,4-5H2,(H,17,18)/t7-,8-/m0/s1. The Morgan fingerprint density at radius 3 is 2.83 bits per heavy atom. The van der Waals surface area contributed by atoms with Crippen molar-refractivity contribution in [3.63, 3.8) is 0 Å². The summed E-state index contributed by atoms with van der Waals surface area (Å²) in [6.07, 6.45) is 0.729. The third-order valence-corrected chi connectivity index (χ3v) is 3.23. The molecule has 0 aromatic carbocycles. The summed E-state index contributed by atoms with van der Waals surface area (Å²) in [5, 5.41) is 18.5. The molecular weight excluding hydrogens is 304 g/mol. The van der Waals surface area contributed by atoms with Gasteiger partial charge in [-0.15, -0.1) is 0 Å². The van der Waals surface area contributed by atoms with Gasteiger partial charge in [0.25, 0.3) is 5.91 Å². The number of aliphatic hydroxyl groups excluding tert-OH is 1. The third kappa shape index (κ3) is 2.51. The lowest BCUT2D eigenvalue weighted by Gasteiger charge is -2.21. The zero-order valence-corrected chi connectivity index (χ0v) is 10.9. The molecule has 18 heavy (non-hydrogen) atoms. The Morgan fingerprint density at radius 2 is 2.22 bits per heavy atom. The molecule has 1 saturated heterocycles. The van der Waals surface area contributed by atoms with Gasteiger partial charge in [0.1, 0.15) is 10.6 Å². The van der Waals surface area contributed by atoms with Crippen molar-refractivity contribution < 1.29 is 19.8 Å². The molecule has 1 aromatic heterocycles. The normalized spacial score (nSPS) is 23.1. The van der Waals surface area contributed by atoms with E-state index in [0.717, 1.165) is 0 Å².